The van der Waals surface area contributed by atoms with Gasteiger partial charge >= 0.3 is 5.97 Å². The summed E-state index contributed by atoms with van der Waals surface area (Å²) in [6, 6.07) is 16.7. The van der Waals surface area contributed by atoms with E-state index >= 15 is 0 Å². The number of rotatable bonds is 11. The summed E-state index contributed by atoms with van der Waals surface area (Å²) in [5.41, 5.74) is 1.21. The fourth-order valence-corrected chi connectivity index (χ4v) is 5.79. The maximum absolute atomic E-state index is 13.6. The van der Waals surface area contributed by atoms with Crippen LogP contribution < -0.4 is 0 Å². The number of hydrogen-bond acceptors (Lipinski definition) is 5. The highest BCUT2D eigenvalue weighted by molar-refractivity contribution is 7.89. The van der Waals surface area contributed by atoms with E-state index in [4.69, 9.17) is 9.15 Å². The molecule has 0 amide bonds. The molecule has 2 aromatic carbocycles. The maximum Gasteiger partial charge on any atom is 0.306 e. The lowest BCUT2D eigenvalue weighted by atomic mass is 9.93. The number of carbonyl (C=O) groups is 1. The molecule has 3 aromatic rings. The number of fused-ring (bicyclic) bond motifs is 1. The Morgan fingerprint density at radius 3 is 2.43 bits per heavy atom. The van der Waals surface area contributed by atoms with Crippen molar-refractivity contribution >= 4 is 27.0 Å². The second kappa shape index (κ2) is 11.4. The molecule has 0 saturated carbocycles. The lowest BCUT2D eigenvalue weighted by molar-refractivity contribution is -0.156. The number of esters is 1. The van der Waals surface area contributed by atoms with Gasteiger partial charge < -0.3 is 9.15 Å². The van der Waals surface area contributed by atoms with E-state index < -0.39 is 15.6 Å². The third kappa shape index (κ3) is 7.94. The number of carbonyl (C=O) groups excluding carboxylic acids is 1. The van der Waals surface area contributed by atoms with E-state index in [1.54, 1.807) is 34.8 Å². The van der Waals surface area contributed by atoms with E-state index in [1.165, 1.54) is 0 Å². The average Bonchev–Trinajstić information content (AvgIpc) is 3.23. The molecule has 0 unspecified atom stereocenters. The average molecular weight is 500 g/mol. The molecule has 0 radical (unpaired) electrons. The van der Waals surface area contributed by atoms with E-state index in [9.17, 15) is 13.2 Å². The molecule has 7 heteroatoms. The maximum atomic E-state index is 13.6. The predicted octanol–water partition coefficient (Wildman–Crippen LogP) is 6.06. The van der Waals surface area contributed by atoms with Crippen LogP contribution in [0, 0.1) is 11.8 Å². The zero-order valence-electron chi connectivity index (χ0n) is 21.4. The Bertz CT molecular complexity index is 1210. The number of hydrogen-bond donors (Lipinski definition) is 0. The summed E-state index contributed by atoms with van der Waals surface area (Å²) in [5.74, 6) is -0.156. The molecule has 0 N–H and O–H groups in total. The molecule has 3 rings (SSSR count). The summed E-state index contributed by atoms with van der Waals surface area (Å²) in [6.07, 6.45) is 3.02. The molecule has 1 atom stereocenters. The predicted molar refractivity (Wildman–Crippen MR) is 139 cm³/mol. The number of benzene rings is 2. The highest BCUT2D eigenvalue weighted by Gasteiger charge is 2.28. The van der Waals surface area contributed by atoms with Crippen LogP contribution in [0.25, 0.3) is 11.0 Å². The van der Waals surface area contributed by atoms with Gasteiger partial charge in [0.2, 0.25) is 10.0 Å². The smallest absolute Gasteiger partial charge is 0.306 e. The van der Waals surface area contributed by atoms with Crippen molar-refractivity contribution in [2.45, 2.75) is 64.4 Å². The monoisotopic (exact) mass is 499 g/mol. The highest BCUT2D eigenvalue weighted by Crippen LogP contribution is 2.26. The highest BCUT2D eigenvalue weighted by atomic mass is 32.2. The van der Waals surface area contributed by atoms with Gasteiger partial charge in [0.1, 0.15) is 11.2 Å². The van der Waals surface area contributed by atoms with Crippen molar-refractivity contribution in [3.8, 4) is 0 Å². The Balaban J connectivity index is 1.81. The van der Waals surface area contributed by atoms with Crippen LogP contribution >= 0.6 is 0 Å². The number of nitrogens with zero attached hydrogens (tertiary/aromatic N) is 1. The lowest BCUT2D eigenvalue weighted by Crippen LogP contribution is -2.36. The van der Waals surface area contributed by atoms with Crippen LogP contribution in [-0.4, -0.2) is 37.4 Å². The van der Waals surface area contributed by atoms with Crippen molar-refractivity contribution in [2.24, 2.45) is 11.8 Å². The second-order valence-corrected chi connectivity index (χ2v) is 12.5. The zero-order chi connectivity index (χ0) is 25.6. The Labute approximate surface area is 209 Å². The third-order valence-corrected chi connectivity index (χ3v) is 7.52. The minimum Gasteiger partial charge on any atom is -0.464 e. The molecule has 6 nitrogen and oxygen atoms in total. The molecule has 0 bridgehead atoms. The van der Waals surface area contributed by atoms with Gasteiger partial charge in [0.15, 0.2) is 0 Å². The van der Waals surface area contributed by atoms with Gasteiger partial charge in [-0.2, -0.15) is 4.31 Å². The molecule has 0 aliphatic heterocycles. The van der Waals surface area contributed by atoms with Gasteiger partial charge in [0.25, 0.3) is 0 Å². The van der Waals surface area contributed by atoms with Crippen LogP contribution in [0.3, 0.4) is 0 Å². The quantitative estimate of drug-likeness (QED) is 0.300. The first-order valence-electron chi connectivity index (χ1n) is 12.2. The zero-order valence-corrected chi connectivity index (χ0v) is 22.2. The summed E-state index contributed by atoms with van der Waals surface area (Å²) >= 11 is 0. The molecule has 0 spiro atoms. The molecule has 1 heterocycles. The van der Waals surface area contributed by atoms with E-state index in [1.807, 2.05) is 65.0 Å². The summed E-state index contributed by atoms with van der Waals surface area (Å²) < 4.78 is 39.7. The molecule has 190 valence electrons. The first kappa shape index (κ1) is 27.0. The van der Waals surface area contributed by atoms with Gasteiger partial charge in [-0.1, -0.05) is 44.2 Å². The summed E-state index contributed by atoms with van der Waals surface area (Å²) in [4.78, 5) is 12.9. The van der Waals surface area contributed by atoms with E-state index in [2.05, 4.69) is 0 Å². The van der Waals surface area contributed by atoms with Crippen LogP contribution in [-0.2, 0) is 26.0 Å². The SMILES string of the molecule is CC(C)CN(CC[C@@H](CC(=O)OC(C)(C)C)Cc1ccccc1)S(=O)(=O)c1ccc2occc2c1. The summed E-state index contributed by atoms with van der Waals surface area (Å²) in [5, 5.41) is 0.752. The number of sulfonamides is 1. The largest absolute Gasteiger partial charge is 0.464 e. The van der Waals surface area contributed by atoms with Gasteiger partial charge in [-0.25, -0.2) is 8.42 Å². The van der Waals surface area contributed by atoms with Gasteiger partial charge in [-0.3, -0.25) is 4.79 Å². The molecular formula is C28H37NO5S. The minimum absolute atomic E-state index is 0.0477. The standard InChI is InChI=1S/C28H37NO5S/c1-21(2)20-29(35(31,32)25-11-12-26-24(19-25)14-16-33-26)15-13-23(17-22-9-7-6-8-10-22)18-27(30)34-28(3,4)5/h6-12,14,16,19,21,23H,13,15,17-18,20H2,1-5H3/t23-/m1/s1. The first-order chi connectivity index (χ1) is 16.4. The first-order valence-corrected chi connectivity index (χ1v) is 13.6. The molecule has 35 heavy (non-hydrogen) atoms. The Morgan fingerprint density at radius 1 is 1.06 bits per heavy atom. The molecule has 0 fully saturated rings. The van der Waals surface area contributed by atoms with Gasteiger partial charge in [-0.15, -0.1) is 0 Å². The summed E-state index contributed by atoms with van der Waals surface area (Å²) in [7, 11) is -3.72. The Hall–Kier alpha value is -2.64. The van der Waals surface area contributed by atoms with Crippen molar-refractivity contribution in [3.05, 3.63) is 66.4 Å². The van der Waals surface area contributed by atoms with Crippen molar-refractivity contribution in [2.75, 3.05) is 13.1 Å². The van der Waals surface area contributed by atoms with Gasteiger partial charge in [0, 0.05) is 24.9 Å². The molecule has 0 aliphatic rings. The van der Waals surface area contributed by atoms with E-state index in [0.717, 1.165) is 10.9 Å². The Kier molecular flexibility index (Phi) is 8.78. The minimum atomic E-state index is -3.72. The van der Waals surface area contributed by atoms with Crippen LogP contribution in [0.4, 0.5) is 0 Å². The Morgan fingerprint density at radius 2 is 1.77 bits per heavy atom. The lowest BCUT2D eigenvalue weighted by Gasteiger charge is -2.27. The number of ether oxygens (including phenoxy) is 1. The van der Waals surface area contributed by atoms with Crippen molar-refractivity contribution in [3.63, 3.8) is 0 Å². The van der Waals surface area contributed by atoms with E-state index in [-0.39, 0.29) is 29.1 Å². The second-order valence-electron chi connectivity index (χ2n) is 10.5. The third-order valence-electron chi connectivity index (χ3n) is 5.66. The van der Waals surface area contributed by atoms with Crippen molar-refractivity contribution in [1.82, 2.24) is 4.31 Å². The van der Waals surface area contributed by atoms with Crippen molar-refractivity contribution < 1.29 is 22.4 Å². The fourth-order valence-electron chi connectivity index (χ4n) is 4.14. The van der Waals surface area contributed by atoms with Crippen LogP contribution in [0.2, 0.25) is 0 Å². The molecule has 1 aromatic heterocycles. The normalized spacial score (nSPS) is 13.5. The molecule has 0 aliphatic carbocycles. The topological polar surface area (TPSA) is 76.8 Å². The van der Waals surface area contributed by atoms with Crippen LogP contribution in [0.15, 0.2) is 70.2 Å². The van der Waals surface area contributed by atoms with Crippen LogP contribution in [0.1, 0.15) is 53.0 Å². The molecule has 0 saturated heterocycles. The van der Waals surface area contributed by atoms with Crippen molar-refractivity contribution in [1.29, 1.82) is 0 Å². The fraction of sp³-hybridized carbons (Fsp3) is 0.464. The molecular weight excluding hydrogens is 462 g/mol. The number of furan rings is 1. The van der Waals surface area contributed by atoms with Gasteiger partial charge in [0.05, 0.1) is 11.2 Å². The summed E-state index contributed by atoms with van der Waals surface area (Å²) in [6.45, 7) is 10.3. The van der Waals surface area contributed by atoms with Crippen LogP contribution in [0.5, 0.6) is 0 Å². The van der Waals surface area contributed by atoms with Gasteiger partial charge in [-0.05, 0) is 75.3 Å². The van der Waals surface area contributed by atoms with E-state index in [0.29, 0.717) is 31.5 Å².